The average Bonchev–Trinajstić information content (AvgIpc) is 2.61. The zero-order chi connectivity index (χ0) is 18.8. The molecule has 2 aliphatic rings. The summed E-state index contributed by atoms with van der Waals surface area (Å²) in [6.45, 7) is 3.39. The maximum absolute atomic E-state index is 13.0. The van der Waals surface area contributed by atoms with Crippen LogP contribution in [0.25, 0.3) is 0 Å². The number of amides is 3. The number of rotatable bonds is 3. The molecule has 3 rings (SSSR count). The number of benzene rings is 1. The highest BCUT2D eigenvalue weighted by Crippen LogP contribution is 2.33. The van der Waals surface area contributed by atoms with Crippen LogP contribution in [0.1, 0.15) is 18.5 Å². The lowest BCUT2D eigenvalue weighted by atomic mass is 9.94. The summed E-state index contributed by atoms with van der Waals surface area (Å²) in [5.41, 5.74) is 0.871. The molecule has 26 heavy (non-hydrogen) atoms. The van der Waals surface area contributed by atoms with E-state index in [9.17, 15) is 19.7 Å². The number of nitro benzene ring substituents is 1. The number of carbonyl (C=O) groups excluding carboxylic acids is 2. The van der Waals surface area contributed by atoms with E-state index in [1.54, 1.807) is 17.9 Å². The molecule has 1 aromatic rings. The van der Waals surface area contributed by atoms with E-state index in [0.717, 1.165) is 0 Å². The van der Waals surface area contributed by atoms with Crippen LogP contribution in [0, 0.1) is 10.1 Å². The molecule has 1 atom stereocenters. The molecule has 1 fully saturated rings. The van der Waals surface area contributed by atoms with Crippen molar-refractivity contribution in [2.75, 3.05) is 26.3 Å². The van der Waals surface area contributed by atoms with Gasteiger partial charge in [-0.3, -0.25) is 14.9 Å². The van der Waals surface area contributed by atoms with Crippen molar-refractivity contribution in [2.24, 2.45) is 0 Å². The molecule has 0 radical (unpaired) electrons. The van der Waals surface area contributed by atoms with Crippen LogP contribution in [0.3, 0.4) is 0 Å². The first-order valence-corrected chi connectivity index (χ1v) is 8.35. The topological polar surface area (TPSA) is 114 Å². The quantitative estimate of drug-likeness (QED) is 0.612. The van der Waals surface area contributed by atoms with Crippen molar-refractivity contribution in [1.29, 1.82) is 0 Å². The van der Waals surface area contributed by atoms with Gasteiger partial charge in [-0.05, 0) is 18.6 Å². The second-order valence-electron chi connectivity index (χ2n) is 5.94. The fourth-order valence-corrected chi connectivity index (χ4v) is 3.20. The highest BCUT2D eigenvalue weighted by molar-refractivity contribution is 6.32. The molecular formula is C16H17ClN4O5. The van der Waals surface area contributed by atoms with Gasteiger partial charge in [-0.1, -0.05) is 17.7 Å². The number of nitrogens with one attached hydrogen (secondary N) is 2. The van der Waals surface area contributed by atoms with Gasteiger partial charge in [0.2, 0.25) is 0 Å². The second kappa shape index (κ2) is 7.30. The molecule has 10 heteroatoms. The van der Waals surface area contributed by atoms with Crippen LogP contribution in [0.4, 0.5) is 10.5 Å². The number of halogens is 1. The van der Waals surface area contributed by atoms with Gasteiger partial charge in [-0.15, -0.1) is 0 Å². The number of morpholine rings is 1. The molecule has 0 aromatic heterocycles. The second-order valence-corrected chi connectivity index (χ2v) is 6.35. The molecule has 2 N–H and O–H groups in total. The number of carbonyl (C=O) groups is 2. The SMILES string of the molecule is CC1=C(C(=O)N2CCOCC2)[C@@H](c2ccc(Cl)c([N+](=O)[O-])c2)NC(=O)N1. The molecular weight excluding hydrogens is 364 g/mol. The van der Waals surface area contributed by atoms with Gasteiger partial charge in [0.15, 0.2) is 0 Å². The van der Waals surface area contributed by atoms with E-state index in [2.05, 4.69) is 10.6 Å². The third-order valence-electron chi connectivity index (χ3n) is 4.30. The van der Waals surface area contributed by atoms with Gasteiger partial charge in [0, 0.05) is 24.9 Å². The number of urea groups is 1. The molecule has 0 unspecified atom stereocenters. The van der Waals surface area contributed by atoms with E-state index < -0.39 is 17.0 Å². The van der Waals surface area contributed by atoms with Crippen molar-refractivity contribution < 1.29 is 19.2 Å². The van der Waals surface area contributed by atoms with E-state index in [1.165, 1.54) is 12.1 Å². The molecule has 2 heterocycles. The molecule has 0 aliphatic carbocycles. The number of allylic oxidation sites excluding steroid dienone is 1. The predicted molar refractivity (Wildman–Crippen MR) is 92.6 cm³/mol. The number of nitro groups is 1. The summed E-state index contributed by atoms with van der Waals surface area (Å²) in [7, 11) is 0. The Morgan fingerprint density at radius 3 is 2.73 bits per heavy atom. The van der Waals surface area contributed by atoms with E-state index in [-0.39, 0.29) is 16.6 Å². The molecule has 2 aliphatic heterocycles. The Hall–Kier alpha value is -2.65. The van der Waals surface area contributed by atoms with Gasteiger partial charge in [-0.25, -0.2) is 4.79 Å². The first-order chi connectivity index (χ1) is 12.4. The van der Waals surface area contributed by atoms with Crippen LogP contribution >= 0.6 is 11.6 Å². The first kappa shape index (κ1) is 18.2. The fourth-order valence-electron chi connectivity index (χ4n) is 3.01. The van der Waals surface area contributed by atoms with E-state index in [0.29, 0.717) is 43.1 Å². The third kappa shape index (κ3) is 3.49. The number of ether oxygens (including phenoxy) is 1. The average molecular weight is 381 g/mol. The maximum atomic E-state index is 13.0. The largest absolute Gasteiger partial charge is 0.378 e. The summed E-state index contributed by atoms with van der Waals surface area (Å²) >= 11 is 5.87. The number of hydrogen-bond donors (Lipinski definition) is 2. The maximum Gasteiger partial charge on any atom is 0.319 e. The Balaban J connectivity index is 2.01. The Labute approximate surface area is 154 Å². The fraction of sp³-hybridized carbons (Fsp3) is 0.375. The predicted octanol–water partition coefficient (Wildman–Crippen LogP) is 1.73. The zero-order valence-electron chi connectivity index (χ0n) is 14.0. The van der Waals surface area contributed by atoms with E-state index in [1.807, 2.05) is 0 Å². The minimum Gasteiger partial charge on any atom is -0.378 e. The van der Waals surface area contributed by atoms with Crippen LogP contribution in [0.2, 0.25) is 5.02 Å². The monoisotopic (exact) mass is 380 g/mol. The standard InChI is InChI=1S/C16H17ClN4O5/c1-9-13(15(22)20-4-6-26-7-5-20)14(19-16(23)18-9)10-2-3-11(17)12(8-10)21(24)25/h2-3,8,14H,4-7H2,1H3,(H2,18,19,23)/t14-/m1/s1. The van der Waals surface area contributed by atoms with Crippen LogP contribution in [-0.2, 0) is 9.53 Å². The number of hydrogen-bond acceptors (Lipinski definition) is 5. The Morgan fingerprint density at radius 2 is 2.08 bits per heavy atom. The summed E-state index contributed by atoms with van der Waals surface area (Å²) in [6.07, 6.45) is 0. The lowest BCUT2D eigenvalue weighted by Gasteiger charge is -2.33. The lowest BCUT2D eigenvalue weighted by molar-refractivity contribution is -0.384. The van der Waals surface area contributed by atoms with Gasteiger partial charge >= 0.3 is 6.03 Å². The van der Waals surface area contributed by atoms with Crippen molar-refractivity contribution in [1.82, 2.24) is 15.5 Å². The summed E-state index contributed by atoms with van der Waals surface area (Å²) in [5.74, 6) is -0.249. The van der Waals surface area contributed by atoms with E-state index >= 15 is 0 Å². The molecule has 1 saturated heterocycles. The Kier molecular flexibility index (Phi) is 5.10. The molecule has 1 aromatic carbocycles. The minimum atomic E-state index is -0.810. The smallest absolute Gasteiger partial charge is 0.319 e. The highest BCUT2D eigenvalue weighted by Gasteiger charge is 2.35. The summed E-state index contributed by atoms with van der Waals surface area (Å²) in [5, 5.41) is 16.4. The van der Waals surface area contributed by atoms with Gasteiger partial charge < -0.3 is 20.3 Å². The summed E-state index contributed by atoms with van der Waals surface area (Å²) in [4.78, 5) is 37.1. The van der Waals surface area contributed by atoms with Crippen molar-refractivity contribution in [3.05, 3.63) is 50.2 Å². The van der Waals surface area contributed by atoms with Gasteiger partial charge in [0.1, 0.15) is 5.02 Å². The van der Waals surface area contributed by atoms with Gasteiger partial charge in [0.25, 0.3) is 11.6 Å². The van der Waals surface area contributed by atoms with E-state index in [4.69, 9.17) is 16.3 Å². The minimum absolute atomic E-state index is 0.0132. The molecule has 9 nitrogen and oxygen atoms in total. The number of nitrogens with zero attached hydrogens (tertiary/aromatic N) is 2. The van der Waals surface area contributed by atoms with Crippen LogP contribution < -0.4 is 10.6 Å². The summed E-state index contributed by atoms with van der Waals surface area (Å²) < 4.78 is 5.26. The highest BCUT2D eigenvalue weighted by atomic mass is 35.5. The van der Waals surface area contributed by atoms with Crippen molar-refractivity contribution >= 4 is 29.2 Å². The van der Waals surface area contributed by atoms with Crippen LogP contribution in [-0.4, -0.2) is 48.1 Å². The zero-order valence-corrected chi connectivity index (χ0v) is 14.7. The lowest BCUT2D eigenvalue weighted by Crippen LogP contribution is -2.49. The van der Waals surface area contributed by atoms with Crippen LogP contribution in [0.15, 0.2) is 29.5 Å². The molecule has 0 spiro atoms. The molecule has 3 amide bonds. The normalized spacial score (nSPS) is 20.5. The molecule has 0 saturated carbocycles. The Bertz CT molecular complexity index is 804. The van der Waals surface area contributed by atoms with Crippen molar-refractivity contribution in [3.8, 4) is 0 Å². The van der Waals surface area contributed by atoms with Gasteiger partial charge in [0.05, 0.1) is 29.8 Å². The summed E-state index contributed by atoms with van der Waals surface area (Å²) in [6, 6.07) is 2.93. The molecule has 138 valence electrons. The first-order valence-electron chi connectivity index (χ1n) is 7.97. The van der Waals surface area contributed by atoms with Crippen LogP contribution in [0.5, 0.6) is 0 Å². The van der Waals surface area contributed by atoms with Crippen molar-refractivity contribution in [3.63, 3.8) is 0 Å². The molecule has 0 bridgehead atoms. The van der Waals surface area contributed by atoms with Crippen molar-refractivity contribution in [2.45, 2.75) is 13.0 Å². The van der Waals surface area contributed by atoms with Gasteiger partial charge in [-0.2, -0.15) is 0 Å². The third-order valence-corrected chi connectivity index (χ3v) is 4.62. The Morgan fingerprint density at radius 1 is 1.38 bits per heavy atom.